The number of anilines is 1. The van der Waals surface area contributed by atoms with Gasteiger partial charge in [0.1, 0.15) is 0 Å². The van der Waals surface area contributed by atoms with Gasteiger partial charge in [0, 0.05) is 31.1 Å². The second kappa shape index (κ2) is 4.74. The Hall–Kier alpha value is -1.57. The van der Waals surface area contributed by atoms with Gasteiger partial charge in [-0.15, -0.1) is 0 Å². The SMILES string of the molecule is CC1=NC(c2cccc(N(C)C)c2)=CC(C)C1. The van der Waals surface area contributed by atoms with Crippen molar-refractivity contribution in [3.8, 4) is 0 Å². The van der Waals surface area contributed by atoms with Gasteiger partial charge in [-0.25, -0.2) is 0 Å². The van der Waals surface area contributed by atoms with E-state index in [2.05, 4.69) is 68.2 Å². The van der Waals surface area contributed by atoms with Crippen LogP contribution in [0.25, 0.3) is 5.70 Å². The van der Waals surface area contributed by atoms with E-state index in [1.54, 1.807) is 0 Å². The van der Waals surface area contributed by atoms with Crippen LogP contribution >= 0.6 is 0 Å². The highest BCUT2D eigenvalue weighted by Crippen LogP contribution is 2.27. The fourth-order valence-corrected chi connectivity index (χ4v) is 2.19. The minimum atomic E-state index is 0.588. The molecule has 1 unspecified atom stereocenters. The average Bonchev–Trinajstić information content (AvgIpc) is 2.28. The third-order valence-electron chi connectivity index (χ3n) is 3.03. The first kappa shape index (κ1) is 11.9. The fraction of sp³-hybridized carbons (Fsp3) is 0.400. The third-order valence-corrected chi connectivity index (χ3v) is 3.03. The maximum atomic E-state index is 4.66. The second-order valence-electron chi connectivity index (χ2n) is 5.03. The van der Waals surface area contributed by atoms with Crippen LogP contribution in [0.3, 0.4) is 0 Å². The van der Waals surface area contributed by atoms with E-state index in [-0.39, 0.29) is 0 Å². The van der Waals surface area contributed by atoms with Crippen molar-refractivity contribution >= 4 is 17.1 Å². The van der Waals surface area contributed by atoms with E-state index in [1.807, 2.05) is 0 Å². The molecule has 0 saturated heterocycles. The maximum Gasteiger partial charge on any atom is 0.0664 e. The highest BCUT2D eigenvalue weighted by Gasteiger charge is 2.11. The zero-order valence-electron chi connectivity index (χ0n) is 11.1. The number of hydrogen-bond donors (Lipinski definition) is 0. The monoisotopic (exact) mass is 228 g/mol. The van der Waals surface area contributed by atoms with E-state index in [9.17, 15) is 0 Å². The summed E-state index contributed by atoms with van der Waals surface area (Å²) in [6.45, 7) is 4.35. The molecule has 17 heavy (non-hydrogen) atoms. The van der Waals surface area contributed by atoms with E-state index in [4.69, 9.17) is 0 Å². The summed E-state index contributed by atoms with van der Waals surface area (Å²) in [5.74, 6) is 0.588. The van der Waals surface area contributed by atoms with Crippen LogP contribution in [-0.2, 0) is 0 Å². The van der Waals surface area contributed by atoms with Crippen LogP contribution in [0, 0.1) is 5.92 Å². The van der Waals surface area contributed by atoms with E-state index in [0.717, 1.165) is 12.1 Å². The fourth-order valence-electron chi connectivity index (χ4n) is 2.19. The summed E-state index contributed by atoms with van der Waals surface area (Å²) in [6.07, 6.45) is 3.35. The first-order valence-electron chi connectivity index (χ1n) is 6.10. The van der Waals surface area contributed by atoms with Crippen molar-refractivity contribution in [2.75, 3.05) is 19.0 Å². The van der Waals surface area contributed by atoms with Gasteiger partial charge >= 0.3 is 0 Å². The van der Waals surface area contributed by atoms with Gasteiger partial charge in [-0.05, 0) is 31.4 Å². The predicted octanol–water partition coefficient (Wildman–Crippen LogP) is 3.59. The largest absolute Gasteiger partial charge is 0.378 e. The van der Waals surface area contributed by atoms with Crippen molar-refractivity contribution in [3.05, 3.63) is 35.9 Å². The molecule has 90 valence electrons. The molecule has 1 aliphatic heterocycles. The minimum Gasteiger partial charge on any atom is -0.378 e. The highest BCUT2D eigenvalue weighted by atomic mass is 15.1. The normalized spacial score (nSPS) is 19.6. The highest BCUT2D eigenvalue weighted by molar-refractivity contribution is 5.90. The minimum absolute atomic E-state index is 0.588. The molecule has 2 nitrogen and oxygen atoms in total. The molecule has 0 spiro atoms. The molecule has 1 heterocycles. The molecular formula is C15H20N2. The van der Waals surface area contributed by atoms with Crippen LogP contribution < -0.4 is 4.90 Å². The van der Waals surface area contributed by atoms with Gasteiger partial charge in [0.2, 0.25) is 0 Å². The number of nitrogens with zero attached hydrogens (tertiary/aromatic N) is 2. The van der Waals surface area contributed by atoms with Crippen molar-refractivity contribution in [3.63, 3.8) is 0 Å². The topological polar surface area (TPSA) is 15.6 Å². The summed E-state index contributed by atoms with van der Waals surface area (Å²) in [5, 5.41) is 0. The van der Waals surface area contributed by atoms with Crippen LogP contribution in [0.5, 0.6) is 0 Å². The first-order valence-corrected chi connectivity index (χ1v) is 6.10. The quantitative estimate of drug-likeness (QED) is 0.755. The lowest BCUT2D eigenvalue weighted by atomic mass is 9.98. The zero-order valence-corrected chi connectivity index (χ0v) is 11.1. The summed E-state index contributed by atoms with van der Waals surface area (Å²) in [7, 11) is 4.12. The Morgan fingerprint density at radius 1 is 1.29 bits per heavy atom. The molecule has 0 saturated carbocycles. The Kier molecular flexibility index (Phi) is 3.32. The van der Waals surface area contributed by atoms with E-state index >= 15 is 0 Å². The molecule has 1 aromatic carbocycles. The second-order valence-corrected chi connectivity index (χ2v) is 5.03. The number of benzene rings is 1. The van der Waals surface area contributed by atoms with E-state index in [1.165, 1.54) is 17.0 Å². The standard InChI is InChI=1S/C15H20N2/c1-11-8-12(2)16-15(9-11)13-6-5-7-14(10-13)17(3)4/h5-7,9-11H,8H2,1-4H3. The van der Waals surface area contributed by atoms with Crippen LogP contribution in [0.1, 0.15) is 25.8 Å². The van der Waals surface area contributed by atoms with Crippen molar-refractivity contribution in [1.29, 1.82) is 0 Å². The molecule has 2 heteroatoms. The summed E-state index contributed by atoms with van der Waals surface area (Å²) < 4.78 is 0. The van der Waals surface area contributed by atoms with Crippen molar-refractivity contribution < 1.29 is 0 Å². The van der Waals surface area contributed by atoms with Gasteiger partial charge in [0.25, 0.3) is 0 Å². The van der Waals surface area contributed by atoms with E-state index in [0.29, 0.717) is 5.92 Å². The van der Waals surface area contributed by atoms with Crippen LogP contribution in [0.2, 0.25) is 0 Å². The van der Waals surface area contributed by atoms with Crippen molar-refractivity contribution in [2.45, 2.75) is 20.3 Å². The lowest BCUT2D eigenvalue weighted by molar-refractivity contribution is 0.757. The smallest absolute Gasteiger partial charge is 0.0664 e. The van der Waals surface area contributed by atoms with Gasteiger partial charge in [-0.3, -0.25) is 4.99 Å². The first-order chi connectivity index (χ1) is 8.06. The molecule has 0 bridgehead atoms. The molecule has 0 amide bonds. The molecule has 0 fully saturated rings. The summed E-state index contributed by atoms with van der Waals surface area (Å²) in [6, 6.07) is 8.54. The average molecular weight is 228 g/mol. The summed E-state index contributed by atoms with van der Waals surface area (Å²) in [4.78, 5) is 6.78. The van der Waals surface area contributed by atoms with Gasteiger partial charge in [-0.2, -0.15) is 0 Å². The van der Waals surface area contributed by atoms with Gasteiger partial charge in [0.05, 0.1) is 5.70 Å². The Morgan fingerprint density at radius 3 is 2.71 bits per heavy atom. The molecule has 1 aromatic rings. The maximum absolute atomic E-state index is 4.66. The van der Waals surface area contributed by atoms with Crippen LogP contribution in [0.4, 0.5) is 5.69 Å². The van der Waals surface area contributed by atoms with Gasteiger partial charge < -0.3 is 4.90 Å². The molecule has 0 aromatic heterocycles. The summed E-state index contributed by atoms with van der Waals surface area (Å²) in [5.41, 5.74) is 4.77. The third kappa shape index (κ3) is 2.76. The Morgan fingerprint density at radius 2 is 2.06 bits per heavy atom. The molecule has 2 rings (SSSR count). The molecule has 1 atom stereocenters. The van der Waals surface area contributed by atoms with Crippen molar-refractivity contribution in [2.24, 2.45) is 10.9 Å². The lowest BCUT2D eigenvalue weighted by Gasteiger charge is -2.18. The molecule has 0 aliphatic carbocycles. The Bertz CT molecular complexity index is 470. The number of rotatable bonds is 2. The Balaban J connectivity index is 2.37. The number of allylic oxidation sites excluding steroid dienone is 1. The van der Waals surface area contributed by atoms with Crippen molar-refractivity contribution in [1.82, 2.24) is 0 Å². The lowest BCUT2D eigenvalue weighted by Crippen LogP contribution is -2.09. The summed E-state index contributed by atoms with van der Waals surface area (Å²) >= 11 is 0. The van der Waals surface area contributed by atoms with E-state index < -0.39 is 0 Å². The number of hydrogen-bond acceptors (Lipinski definition) is 2. The molecule has 1 aliphatic rings. The van der Waals surface area contributed by atoms with Crippen LogP contribution in [0.15, 0.2) is 35.3 Å². The van der Waals surface area contributed by atoms with Crippen LogP contribution in [-0.4, -0.2) is 19.8 Å². The molecule has 0 N–H and O–H groups in total. The van der Waals surface area contributed by atoms with Gasteiger partial charge in [0.15, 0.2) is 0 Å². The number of aliphatic imine (C=N–C) groups is 1. The Labute approximate surface area is 104 Å². The predicted molar refractivity (Wildman–Crippen MR) is 75.6 cm³/mol. The molecule has 0 radical (unpaired) electrons. The zero-order chi connectivity index (χ0) is 12.4. The van der Waals surface area contributed by atoms with Gasteiger partial charge in [-0.1, -0.05) is 25.1 Å². The molecular weight excluding hydrogens is 208 g/mol.